The minimum absolute atomic E-state index is 0.158. The van der Waals surface area contributed by atoms with E-state index in [9.17, 15) is 13.2 Å². The molecule has 2 fully saturated rings. The van der Waals surface area contributed by atoms with Gasteiger partial charge in [0.25, 0.3) is 0 Å². The van der Waals surface area contributed by atoms with Crippen LogP contribution in [0.3, 0.4) is 0 Å². The summed E-state index contributed by atoms with van der Waals surface area (Å²) in [5.41, 5.74) is 0.158. The summed E-state index contributed by atoms with van der Waals surface area (Å²) in [6, 6.07) is 0. The monoisotopic (exact) mass is 264 g/mol. The molecule has 1 unspecified atom stereocenters. The second-order valence-corrected chi connectivity index (χ2v) is 5.76. The highest BCUT2D eigenvalue weighted by Crippen LogP contribution is 2.35. The van der Waals surface area contributed by atoms with Gasteiger partial charge in [-0.15, -0.1) is 0 Å². The molecule has 0 aromatic heterocycles. The van der Waals surface area contributed by atoms with Crippen molar-refractivity contribution in [1.29, 1.82) is 0 Å². The van der Waals surface area contributed by atoms with Crippen molar-refractivity contribution in [1.82, 2.24) is 10.2 Å². The van der Waals surface area contributed by atoms with Gasteiger partial charge in [-0.25, -0.2) is 0 Å². The minimum Gasteiger partial charge on any atom is -0.310 e. The highest BCUT2D eigenvalue weighted by molar-refractivity contribution is 4.95. The van der Waals surface area contributed by atoms with Gasteiger partial charge in [-0.3, -0.25) is 0 Å². The van der Waals surface area contributed by atoms with Gasteiger partial charge in [0, 0.05) is 12.1 Å². The number of piperidine rings is 1. The Morgan fingerprint density at radius 2 is 1.94 bits per heavy atom. The molecule has 0 aromatic carbocycles. The molecule has 0 radical (unpaired) electrons. The Morgan fingerprint density at radius 1 is 1.28 bits per heavy atom. The lowest BCUT2D eigenvalue weighted by Crippen LogP contribution is -2.52. The fourth-order valence-corrected chi connectivity index (χ4v) is 3.26. The molecule has 0 saturated carbocycles. The molecule has 0 bridgehead atoms. The first kappa shape index (κ1) is 14.1. The van der Waals surface area contributed by atoms with Crippen molar-refractivity contribution in [3.8, 4) is 0 Å². The largest absolute Gasteiger partial charge is 0.391 e. The van der Waals surface area contributed by atoms with Crippen molar-refractivity contribution in [2.24, 2.45) is 5.92 Å². The molecule has 1 atom stereocenters. The van der Waals surface area contributed by atoms with Crippen LogP contribution < -0.4 is 5.32 Å². The summed E-state index contributed by atoms with van der Waals surface area (Å²) in [4.78, 5) is 2.21. The zero-order valence-corrected chi connectivity index (χ0v) is 11.0. The fraction of sp³-hybridized carbons (Fsp3) is 1.00. The average Bonchev–Trinajstić information content (AvgIpc) is 2.78. The lowest BCUT2D eigenvalue weighted by Gasteiger charge is -2.39. The van der Waals surface area contributed by atoms with Gasteiger partial charge in [0.05, 0.1) is 5.92 Å². The van der Waals surface area contributed by atoms with Crippen LogP contribution in [0.2, 0.25) is 0 Å². The molecule has 2 saturated heterocycles. The molecule has 5 heteroatoms. The normalized spacial score (nSPS) is 32.0. The van der Waals surface area contributed by atoms with E-state index in [1.165, 1.54) is 6.42 Å². The molecule has 2 aliphatic rings. The van der Waals surface area contributed by atoms with E-state index >= 15 is 0 Å². The Morgan fingerprint density at radius 3 is 2.39 bits per heavy atom. The summed E-state index contributed by atoms with van der Waals surface area (Å²) in [7, 11) is 0. The van der Waals surface area contributed by atoms with E-state index in [1.54, 1.807) is 0 Å². The third-order valence-electron chi connectivity index (χ3n) is 4.59. The SMILES string of the molecule is CCC1(CN2CCC(C(F)(F)F)CC2)CCCN1. The van der Waals surface area contributed by atoms with Gasteiger partial charge in [0.2, 0.25) is 0 Å². The predicted octanol–water partition coefficient (Wildman–Crippen LogP) is 2.79. The van der Waals surface area contributed by atoms with Crippen LogP contribution in [0.5, 0.6) is 0 Å². The number of nitrogens with one attached hydrogen (secondary N) is 1. The first-order valence-corrected chi connectivity index (χ1v) is 6.99. The van der Waals surface area contributed by atoms with Crippen LogP contribution in [0.1, 0.15) is 39.0 Å². The maximum Gasteiger partial charge on any atom is 0.391 e. The highest BCUT2D eigenvalue weighted by atomic mass is 19.4. The standard InChI is InChI=1S/C13H23F3N2/c1-2-12(6-3-7-17-12)10-18-8-4-11(5-9-18)13(14,15)16/h11,17H,2-10H2,1H3. The van der Waals surface area contributed by atoms with Gasteiger partial charge in [-0.1, -0.05) is 6.92 Å². The number of halogens is 3. The maximum absolute atomic E-state index is 12.6. The number of hydrogen-bond acceptors (Lipinski definition) is 2. The molecule has 2 rings (SSSR count). The van der Waals surface area contributed by atoms with Crippen LogP contribution >= 0.6 is 0 Å². The zero-order valence-electron chi connectivity index (χ0n) is 11.0. The fourth-order valence-electron chi connectivity index (χ4n) is 3.26. The first-order chi connectivity index (χ1) is 8.45. The summed E-state index contributed by atoms with van der Waals surface area (Å²) in [5.74, 6) is -1.08. The summed E-state index contributed by atoms with van der Waals surface area (Å²) in [6.07, 6.45) is -0.0610. The van der Waals surface area contributed by atoms with Crippen LogP contribution in [-0.2, 0) is 0 Å². The third kappa shape index (κ3) is 3.18. The molecular weight excluding hydrogens is 241 g/mol. The molecule has 0 aliphatic carbocycles. The Hall–Kier alpha value is -0.290. The van der Waals surface area contributed by atoms with Crippen molar-refractivity contribution < 1.29 is 13.2 Å². The number of likely N-dealkylation sites (tertiary alicyclic amines) is 1. The van der Waals surface area contributed by atoms with Crippen LogP contribution in [0, 0.1) is 5.92 Å². The van der Waals surface area contributed by atoms with E-state index in [4.69, 9.17) is 0 Å². The lowest BCUT2D eigenvalue weighted by molar-refractivity contribution is -0.185. The van der Waals surface area contributed by atoms with Crippen molar-refractivity contribution in [2.75, 3.05) is 26.2 Å². The molecule has 2 nitrogen and oxygen atoms in total. The van der Waals surface area contributed by atoms with Gasteiger partial charge < -0.3 is 10.2 Å². The number of nitrogens with zero attached hydrogens (tertiary/aromatic N) is 1. The van der Waals surface area contributed by atoms with E-state index in [0.29, 0.717) is 13.1 Å². The molecule has 1 N–H and O–H groups in total. The topological polar surface area (TPSA) is 15.3 Å². The van der Waals surface area contributed by atoms with Gasteiger partial charge in [0.15, 0.2) is 0 Å². The Balaban J connectivity index is 1.83. The van der Waals surface area contributed by atoms with E-state index in [2.05, 4.69) is 17.1 Å². The van der Waals surface area contributed by atoms with Crippen LogP contribution in [0.15, 0.2) is 0 Å². The summed E-state index contributed by atoms with van der Waals surface area (Å²) in [6.45, 7) is 5.31. The van der Waals surface area contributed by atoms with E-state index in [0.717, 1.165) is 25.9 Å². The molecule has 18 heavy (non-hydrogen) atoms. The van der Waals surface area contributed by atoms with E-state index in [1.807, 2.05) is 0 Å². The number of hydrogen-bond donors (Lipinski definition) is 1. The quantitative estimate of drug-likeness (QED) is 0.843. The van der Waals surface area contributed by atoms with Gasteiger partial charge >= 0.3 is 6.18 Å². The van der Waals surface area contributed by atoms with Crippen molar-refractivity contribution >= 4 is 0 Å². The average molecular weight is 264 g/mol. The van der Waals surface area contributed by atoms with Crippen LogP contribution in [-0.4, -0.2) is 42.8 Å². The molecule has 0 aromatic rings. The van der Waals surface area contributed by atoms with Crippen LogP contribution in [0.25, 0.3) is 0 Å². The van der Waals surface area contributed by atoms with Crippen molar-refractivity contribution in [3.63, 3.8) is 0 Å². The number of alkyl halides is 3. The minimum atomic E-state index is -4.00. The van der Waals surface area contributed by atoms with Crippen molar-refractivity contribution in [2.45, 2.75) is 50.7 Å². The second-order valence-electron chi connectivity index (χ2n) is 5.76. The number of rotatable bonds is 3. The highest BCUT2D eigenvalue weighted by Gasteiger charge is 2.42. The van der Waals surface area contributed by atoms with Gasteiger partial charge in [-0.05, 0) is 51.7 Å². The van der Waals surface area contributed by atoms with Gasteiger partial charge in [-0.2, -0.15) is 13.2 Å². The summed E-state index contributed by atoms with van der Waals surface area (Å²) < 4.78 is 37.8. The molecule has 106 valence electrons. The first-order valence-electron chi connectivity index (χ1n) is 6.99. The van der Waals surface area contributed by atoms with Crippen LogP contribution in [0.4, 0.5) is 13.2 Å². The smallest absolute Gasteiger partial charge is 0.310 e. The Bertz CT molecular complexity index is 264. The lowest BCUT2D eigenvalue weighted by atomic mass is 9.90. The zero-order chi connectivity index (χ0) is 13.2. The van der Waals surface area contributed by atoms with Crippen molar-refractivity contribution in [3.05, 3.63) is 0 Å². The molecule has 0 spiro atoms. The molecule has 0 amide bonds. The van der Waals surface area contributed by atoms with E-state index < -0.39 is 12.1 Å². The Labute approximate surface area is 107 Å². The molecule has 2 heterocycles. The second kappa shape index (κ2) is 5.37. The third-order valence-corrected chi connectivity index (χ3v) is 4.59. The Kier molecular flexibility index (Phi) is 4.22. The molecule has 2 aliphatic heterocycles. The van der Waals surface area contributed by atoms with E-state index in [-0.39, 0.29) is 18.4 Å². The summed E-state index contributed by atoms with van der Waals surface area (Å²) >= 11 is 0. The maximum atomic E-state index is 12.6. The predicted molar refractivity (Wildman–Crippen MR) is 65.5 cm³/mol. The molecular formula is C13H23F3N2. The van der Waals surface area contributed by atoms with Gasteiger partial charge in [0.1, 0.15) is 0 Å². The summed E-state index contributed by atoms with van der Waals surface area (Å²) in [5, 5.41) is 3.54.